The van der Waals surface area contributed by atoms with E-state index in [0.717, 1.165) is 40.9 Å². The number of aromatic amines is 1. The fourth-order valence-electron chi connectivity index (χ4n) is 5.24. The zero-order valence-electron chi connectivity index (χ0n) is 16.4. The van der Waals surface area contributed by atoms with Crippen LogP contribution in [0.25, 0.3) is 11.3 Å². The van der Waals surface area contributed by atoms with Gasteiger partial charge in [0.05, 0.1) is 28.6 Å². The third kappa shape index (κ3) is 2.37. The van der Waals surface area contributed by atoms with Crippen LogP contribution in [0.4, 0.5) is 0 Å². The van der Waals surface area contributed by atoms with Crippen molar-refractivity contribution in [3.05, 3.63) is 71.2 Å². The lowest BCUT2D eigenvalue weighted by molar-refractivity contribution is -0.121. The number of carbonyl (C=O) groups is 1. The number of allylic oxidation sites excluding steroid dienone is 2. The standard InChI is InChI=1S/C23H21N5O/c1-14-19-9-8-18-20(16-12-25-28(2)13-16)26-27-22(18)23(19,10-15(11-24)21(14)29)17-6-4-3-5-7-17/h3-7,10,12-14,19H,8-9H2,1-2H3,(H,26,27). The summed E-state index contributed by atoms with van der Waals surface area (Å²) in [7, 11) is 1.89. The number of carbonyl (C=O) groups excluding carboxylic acids is 1. The molecule has 3 atom stereocenters. The van der Waals surface area contributed by atoms with Crippen LogP contribution in [-0.4, -0.2) is 25.8 Å². The highest BCUT2D eigenvalue weighted by Crippen LogP contribution is 2.54. The van der Waals surface area contributed by atoms with Gasteiger partial charge in [0, 0.05) is 30.3 Å². The maximum atomic E-state index is 12.8. The molecule has 0 spiro atoms. The van der Waals surface area contributed by atoms with Gasteiger partial charge in [-0.2, -0.15) is 15.5 Å². The number of hydrogen-bond acceptors (Lipinski definition) is 4. The highest BCUT2D eigenvalue weighted by Gasteiger charge is 2.53. The molecule has 3 aromatic rings. The molecule has 2 aromatic heterocycles. The normalized spacial score (nSPS) is 25.7. The Morgan fingerprint density at radius 2 is 2.10 bits per heavy atom. The van der Waals surface area contributed by atoms with E-state index in [1.54, 1.807) is 4.68 Å². The first-order valence-corrected chi connectivity index (χ1v) is 9.85. The average Bonchev–Trinajstić information content (AvgIpc) is 3.37. The third-order valence-corrected chi connectivity index (χ3v) is 6.58. The second-order valence-corrected chi connectivity index (χ2v) is 8.03. The number of benzene rings is 1. The Morgan fingerprint density at radius 3 is 2.79 bits per heavy atom. The Kier molecular flexibility index (Phi) is 3.82. The summed E-state index contributed by atoms with van der Waals surface area (Å²) in [6, 6.07) is 12.3. The summed E-state index contributed by atoms with van der Waals surface area (Å²) in [6.07, 6.45) is 7.36. The number of nitriles is 1. The minimum Gasteiger partial charge on any atom is -0.293 e. The molecule has 1 aromatic carbocycles. The summed E-state index contributed by atoms with van der Waals surface area (Å²) >= 11 is 0. The lowest BCUT2D eigenvalue weighted by Gasteiger charge is -2.47. The lowest BCUT2D eigenvalue weighted by atomic mass is 9.54. The SMILES string of the molecule is CC1C(=O)C(C#N)=CC2(c3ccccc3)c3[nH]nc(-c4cnn(C)c4)c3CCC12. The van der Waals surface area contributed by atoms with Crippen LogP contribution >= 0.6 is 0 Å². The minimum absolute atomic E-state index is 0.0560. The molecule has 0 bridgehead atoms. The van der Waals surface area contributed by atoms with E-state index in [1.165, 1.54) is 0 Å². The molecule has 6 heteroatoms. The van der Waals surface area contributed by atoms with Gasteiger partial charge in [0.2, 0.25) is 0 Å². The second kappa shape index (κ2) is 6.28. The van der Waals surface area contributed by atoms with E-state index >= 15 is 0 Å². The Balaban J connectivity index is 1.81. The van der Waals surface area contributed by atoms with Crippen molar-refractivity contribution >= 4 is 5.78 Å². The first-order chi connectivity index (χ1) is 14.1. The van der Waals surface area contributed by atoms with E-state index in [0.29, 0.717) is 0 Å². The van der Waals surface area contributed by atoms with Crippen LogP contribution < -0.4 is 0 Å². The van der Waals surface area contributed by atoms with Crippen molar-refractivity contribution in [1.29, 1.82) is 5.26 Å². The molecular formula is C23H21N5O. The predicted molar refractivity (Wildman–Crippen MR) is 108 cm³/mol. The molecule has 1 N–H and O–H groups in total. The molecule has 2 aliphatic rings. The quantitative estimate of drug-likeness (QED) is 0.735. The summed E-state index contributed by atoms with van der Waals surface area (Å²) in [5.41, 5.74) is 4.76. The predicted octanol–water partition coefficient (Wildman–Crippen LogP) is 3.33. The minimum atomic E-state index is -0.569. The first-order valence-electron chi connectivity index (χ1n) is 9.85. The molecule has 0 saturated heterocycles. The van der Waals surface area contributed by atoms with E-state index in [9.17, 15) is 10.1 Å². The van der Waals surface area contributed by atoms with E-state index in [4.69, 9.17) is 0 Å². The van der Waals surface area contributed by atoms with Crippen molar-refractivity contribution in [2.24, 2.45) is 18.9 Å². The number of H-pyrrole nitrogens is 1. The highest BCUT2D eigenvalue weighted by molar-refractivity contribution is 6.02. The molecule has 2 aliphatic carbocycles. The fourth-order valence-corrected chi connectivity index (χ4v) is 5.24. The van der Waals surface area contributed by atoms with E-state index < -0.39 is 5.41 Å². The molecule has 6 nitrogen and oxygen atoms in total. The third-order valence-electron chi connectivity index (χ3n) is 6.58. The van der Waals surface area contributed by atoms with Crippen LogP contribution in [0.5, 0.6) is 0 Å². The number of nitrogens with zero attached hydrogens (tertiary/aromatic N) is 4. The van der Waals surface area contributed by atoms with Gasteiger partial charge in [-0.3, -0.25) is 14.6 Å². The van der Waals surface area contributed by atoms with Crippen LogP contribution in [-0.2, 0) is 23.7 Å². The highest BCUT2D eigenvalue weighted by atomic mass is 16.1. The van der Waals surface area contributed by atoms with E-state index in [2.05, 4.69) is 33.5 Å². The van der Waals surface area contributed by atoms with Gasteiger partial charge < -0.3 is 0 Å². The summed E-state index contributed by atoms with van der Waals surface area (Å²) in [4.78, 5) is 12.8. The molecule has 2 heterocycles. The largest absolute Gasteiger partial charge is 0.293 e. The molecule has 5 rings (SSSR count). The fraction of sp³-hybridized carbons (Fsp3) is 0.304. The Hall–Kier alpha value is -3.46. The van der Waals surface area contributed by atoms with Gasteiger partial charge in [0.1, 0.15) is 6.07 Å². The molecule has 0 aliphatic heterocycles. The van der Waals surface area contributed by atoms with Gasteiger partial charge in [0.15, 0.2) is 5.78 Å². The van der Waals surface area contributed by atoms with Gasteiger partial charge in [-0.05, 0) is 30.4 Å². The monoisotopic (exact) mass is 383 g/mol. The average molecular weight is 383 g/mol. The Morgan fingerprint density at radius 1 is 1.31 bits per heavy atom. The van der Waals surface area contributed by atoms with Crippen LogP contribution in [0.2, 0.25) is 0 Å². The first kappa shape index (κ1) is 17.6. The molecule has 144 valence electrons. The van der Waals surface area contributed by atoms with Gasteiger partial charge in [-0.1, -0.05) is 37.3 Å². The van der Waals surface area contributed by atoms with Crippen LogP contribution in [0.1, 0.15) is 30.2 Å². The number of fused-ring (bicyclic) bond motifs is 3. The molecule has 0 fully saturated rings. The van der Waals surface area contributed by atoms with Crippen molar-refractivity contribution in [2.45, 2.75) is 25.2 Å². The molecule has 0 radical (unpaired) electrons. The summed E-state index contributed by atoms with van der Waals surface area (Å²) in [5, 5.41) is 21.9. The second-order valence-electron chi connectivity index (χ2n) is 8.03. The number of nitrogens with one attached hydrogen (secondary N) is 1. The molecule has 29 heavy (non-hydrogen) atoms. The van der Waals surface area contributed by atoms with Gasteiger partial charge in [-0.25, -0.2) is 0 Å². The van der Waals surface area contributed by atoms with Crippen LogP contribution in [0.3, 0.4) is 0 Å². The van der Waals surface area contributed by atoms with Crippen molar-refractivity contribution in [3.63, 3.8) is 0 Å². The zero-order chi connectivity index (χ0) is 20.2. The topological polar surface area (TPSA) is 87.4 Å². The van der Waals surface area contributed by atoms with Crippen LogP contribution in [0.15, 0.2) is 54.4 Å². The maximum Gasteiger partial charge on any atom is 0.176 e. The number of Topliss-reactive ketones (excluding diaryl/α,β-unsaturated/α-hetero) is 1. The summed E-state index contributed by atoms with van der Waals surface area (Å²) < 4.78 is 1.77. The number of ketones is 1. The van der Waals surface area contributed by atoms with Gasteiger partial charge in [0.25, 0.3) is 0 Å². The van der Waals surface area contributed by atoms with Crippen molar-refractivity contribution in [1.82, 2.24) is 20.0 Å². The lowest BCUT2D eigenvalue weighted by Crippen LogP contribution is -2.48. The molecule has 0 amide bonds. The number of hydrogen-bond donors (Lipinski definition) is 1. The van der Waals surface area contributed by atoms with Crippen molar-refractivity contribution < 1.29 is 4.79 Å². The molecular weight excluding hydrogens is 362 g/mol. The molecule has 0 saturated carbocycles. The number of aromatic nitrogens is 4. The molecule has 3 unspecified atom stereocenters. The zero-order valence-corrected chi connectivity index (χ0v) is 16.4. The smallest absolute Gasteiger partial charge is 0.176 e. The number of aryl methyl sites for hydroxylation is 1. The maximum absolute atomic E-state index is 12.8. The van der Waals surface area contributed by atoms with E-state index in [-0.39, 0.29) is 23.2 Å². The van der Waals surface area contributed by atoms with Crippen molar-refractivity contribution in [3.8, 4) is 17.3 Å². The number of rotatable bonds is 2. The van der Waals surface area contributed by atoms with Crippen LogP contribution in [0, 0.1) is 23.2 Å². The van der Waals surface area contributed by atoms with Gasteiger partial charge in [-0.15, -0.1) is 0 Å². The van der Waals surface area contributed by atoms with Crippen molar-refractivity contribution in [2.75, 3.05) is 0 Å². The Labute approximate surface area is 168 Å². The van der Waals surface area contributed by atoms with Gasteiger partial charge >= 0.3 is 0 Å². The van der Waals surface area contributed by atoms with E-state index in [1.807, 2.05) is 50.6 Å². The Bertz CT molecular complexity index is 1180. The summed E-state index contributed by atoms with van der Waals surface area (Å²) in [6.45, 7) is 1.96. The summed E-state index contributed by atoms with van der Waals surface area (Å²) in [5.74, 6) is -0.211.